The summed E-state index contributed by atoms with van der Waals surface area (Å²) < 4.78 is 2.27. The number of nitrogens with one attached hydrogen (secondary N) is 1. The number of hydrogen-bond acceptors (Lipinski definition) is 4. The monoisotopic (exact) mass is 176 g/mol. The van der Waals surface area contributed by atoms with E-state index in [0.717, 1.165) is 25.4 Å². The zero-order chi connectivity index (χ0) is 8.10. The first kappa shape index (κ1) is 9.32. The Labute approximate surface area is 72.3 Å². The zero-order valence-corrected chi connectivity index (χ0v) is 7.73. The third-order valence-corrected chi connectivity index (χ3v) is 2.87. The van der Waals surface area contributed by atoms with E-state index in [1.165, 1.54) is 0 Å². The smallest absolute Gasteiger partial charge is 0.0608 e. The van der Waals surface area contributed by atoms with Gasteiger partial charge in [0.2, 0.25) is 0 Å². The molecule has 0 aromatic heterocycles. The lowest BCUT2D eigenvalue weighted by Gasteiger charge is -2.33. The van der Waals surface area contributed by atoms with Gasteiger partial charge in [-0.2, -0.15) is 0 Å². The quantitative estimate of drug-likeness (QED) is 0.590. The first-order chi connectivity index (χ1) is 5.38. The lowest BCUT2D eigenvalue weighted by atomic mass is 10.2. The second kappa shape index (κ2) is 4.98. The van der Waals surface area contributed by atoms with E-state index < -0.39 is 0 Å². The number of aliphatic hydroxyl groups excluding tert-OH is 1. The fourth-order valence-corrected chi connectivity index (χ4v) is 2.14. The summed E-state index contributed by atoms with van der Waals surface area (Å²) in [4.78, 5) is 0. The molecule has 1 fully saturated rings. The normalized spacial score (nSPS) is 27.3. The van der Waals surface area contributed by atoms with Crippen LogP contribution in [0.5, 0.6) is 0 Å². The van der Waals surface area contributed by atoms with Crippen LogP contribution in [0.1, 0.15) is 6.92 Å². The third kappa shape index (κ3) is 2.63. The van der Waals surface area contributed by atoms with Crippen LogP contribution < -0.4 is 5.32 Å². The maximum absolute atomic E-state index is 8.99. The predicted octanol–water partition coefficient (Wildman–Crippen LogP) is -0.0794. The fraction of sp³-hybridized carbons (Fsp3) is 1.00. The topological polar surface area (TPSA) is 35.5 Å². The standard InChI is InChI=1S/C7H16N2OS/c1-2-11-9-4-3-8-5-7(9)6-10/h7-8,10H,2-6H2,1H3. The summed E-state index contributed by atoms with van der Waals surface area (Å²) in [6, 6.07) is 0.314. The molecule has 1 heterocycles. The highest BCUT2D eigenvalue weighted by molar-refractivity contribution is 7.97. The van der Waals surface area contributed by atoms with E-state index in [2.05, 4.69) is 16.5 Å². The van der Waals surface area contributed by atoms with Gasteiger partial charge in [0, 0.05) is 25.4 Å². The SMILES string of the molecule is CCSN1CCNCC1CO. The van der Waals surface area contributed by atoms with Crippen molar-refractivity contribution in [1.29, 1.82) is 0 Å². The van der Waals surface area contributed by atoms with Crippen LogP contribution >= 0.6 is 11.9 Å². The van der Waals surface area contributed by atoms with E-state index in [-0.39, 0.29) is 6.61 Å². The summed E-state index contributed by atoms with van der Waals surface area (Å²) in [7, 11) is 0. The van der Waals surface area contributed by atoms with Crippen molar-refractivity contribution in [2.24, 2.45) is 0 Å². The molecule has 0 saturated carbocycles. The Bertz CT molecular complexity index is 111. The van der Waals surface area contributed by atoms with E-state index in [4.69, 9.17) is 5.11 Å². The van der Waals surface area contributed by atoms with Gasteiger partial charge in [0.15, 0.2) is 0 Å². The Hall–Kier alpha value is 0.230. The molecule has 1 aliphatic heterocycles. The van der Waals surface area contributed by atoms with Gasteiger partial charge in [-0.05, 0) is 0 Å². The molecule has 11 heavy (non-hydrogen) atoms. The molecule has 0 amide bonds. The van der Waals surface area contributed by atoms with Gasteiger partial charge in [-0.3, -0.25) is 0 Å². The lowest BCUT2D eigenvalue weighted by molar-refractivity contribution is 0.174. The van der Waals surface area contributed by atoms with Gasteiger partial charge in [0.05, 0.1) is 12.6 Å². The maximum Gasteiger partial charge on any atom is 0.0608 e. The minimum atomic E-state index is 0.264. The van der Waals surface area contributed by atoms with Crippen LogP contribution in [0.15, 0.2) is 0 Å². The van der Waals surface area contributed by atoms with Crippen molar-refractivity contribution in [3.05, 3.63) is 0 Å². The van der Waals surface area contributed by atoms with Crippen LogP contribution in [0.2, 0.25) is 0 Å². The summed E-state index contributed by atoms with van der Waals surface area (Å²) in [5.41, 5.74) is 0. The Morgan fingerprint density at radius 3 is 3.18 bits per heavy atom. The molecule has 0 radical (unpaired) electrons. The van der Waals surface area contributed by atoms with E-state index in [9.17, 15) is 0 Å². The minimum absolute atomic E-state index is 0.264. The Kier molecular flexibility index (Phi) is 4.22. The van der Waals surface area contributed by atoms with Gasteiger partial charge in [-0.25, -0.2) is 4.31 Å². The van der Waals surface area contributed by atoms with Gasteiger partial charge in [-0.15, -0.1) is 0 Å². The van der Waals surface area contributed by atoms with Crippen molar-refractivity contribution in [3.8, 4) is 0 Å². The maximum atomic E-state index is 8.99. The van der Waals surface area contributed by atoms with Crippen LogP contribution in [0.25, 0.3) is 0 Å². The van der Waals surface area contributed by atoms with Gasteiger partial charge < -0.3 is 10.4 Å². The second-order valence-electron chi connectivity index (χ2n) is 2.60. The molecular formula is C7H16N2OS. The molecule has 1 unspecified atom stereocenters. The largest absolute Gasteiger partial charge is 0.395 e. The molecular weight excluding hydrogens is 160 g/mol. The fourth-order valence-electron chi connectivity index (χ4n) is 1.23. The van der Waals surface area contributed by atoms with E-state index in [1.54, 1.807) is 0 Å². The second-order valence-corrected chi connectivity index (χ2v) is 3.90. The predicted molar refractivity (Wildman–Crippen MR) is 48.6 cm³/mol. The lowest BCUT2D eigenvalue weighted by Crippen LogP contribution is -2.49. The van der Waals surface area contributed by atoms with Crippen LogP contribution in [0, 0.1) is 0 Å². The van der Waals surface area contributed by atoms with Gasteiger partial charge in [0.1, 0.15) is 0 Å². The number of rotatable bonds is 3. The molecule has 0 aromatic carbocycles. The van der Waals surface area contributed by atoms with Gasteiger partial charge in [-0.1, -0.05) is 18.9 Å². The Morgan fingerprint density at radius 2 is 2.55 bits per heavy atom. The van der Waals surface area contributed by atoms with Crippen molar-refractivity contribution in [1.82, 2.24) is 9.62 Å². The first-order valence-electron chi connectivity index (χ1n) is 4.09. The number of aliphatic hydroxyl groups is 1. The van der Waals surface area contributed by atoms with Crippen LogP contribution in [-0.4, -0.2) is 47.4 Å². The molecule has 0 aliphatic carbocycles. The summed E-state index contributed by atoms with van der Waals surface area (Å²) in [6.07, 6.45) is 0. The molecule has 1 aliphatic rings. The van der Waals surface area contributed by atoms with E-state index in [0.29, 0.717) is 6.04 Å². The average Bonchev–Trinajstić information content (AvgIpc) is 2.06. The van der Waals surface area contributed by atoms with Gasteiger partial charge in [0.25, 0.3) is 0 Å². The molecule has 1 atom stereocenters. The molecule has 66 valence electrons. The number of hydrogen-bond donors (Lipinski definition) is 2. The zero-order valence-electron chi connectivity index (χ0n) is 6.92. The minimum Gasteiger partial charge on any atom is -0.395 e. The Morgan fingerprint density at radius 1 is 1.73 bits per heavy atom. The number of piperazine rings is 1. The highest BCUT2D eigenvalue weighted by Crippen LogP contribution is 2.14. The molecule has 4 heteroatoms. The number of nitrogens with zero attached hydrogens (tertiary/aromatic N) is 1. The van der Waals surface area contributed by atoms with Crippen molar-refractivity contribution in [3.63, 3.8) is 0 Å². The molecule has 3 nitrogen and oxygen atoms in total. The van der Waals surface area contributed by atoms with E-state index in [1.807, 2.05) is 11.9 Å². The summed E-state index contributed by atoms with van der Waals surface area (Å²) in [5.74, 6) is 1.09. The van der Waals surface area contributed by atoms with Crippen LogP contribution in [0.4, 0.5) is 0 Å². The van der Waals surface area contributed by atoms with Crippen LogP contribution in [-0.2, 0) is 0 Å². The summed E-state index contributed by atoms with van der Waals surface area (Å²) in [5, 5.41) is 12.3. The first-order valence-corrected chi connectivity index (χ1v) is 5.04. The molecule has 0 aromatic rings. The average molecular weight is 176 g/mol. The van der Waals surface area contributed by atoms with Crippen molar-refractivity contribution < 1.29 is 5.11 Å². The summed E-state index contributed by atoms with van der Waals surface area (Å²) in [6.45, 7) is 5.41. The van der Waals surface area contributed by atoms with E-state index >= 15 is 0 Å². The molecule has 0 bridgehead atoms. The Balaban J connectivity index is 2.31. The van der Waals surface area contributed by atoms with Crippen molar-refractivity contribution >= 4 is 11.9 Å². The summed E-state index contributed by atoms with van der Waals surface area (Å²) >= 11 is 1.82. The highest BCUT2D eigenvalue weighted by Gasteiger charge is 2.20. The molecule has 1 saturated heterocycles. The van der Waals surface area contributed by atoms with Crippen LogP contribution in [0.3, 0.4) is 0 Å². The third-order valence-electron chi connectivity index (χ3n) is 1.80. The molecule has 2 N–H and O–H groups in total. The molecule has 1 rings (SSSR count). The van der Waals surface area contributed by atoms with Crippen molar-refractivity contribution in [2.75, 3.05) is 32.0 Å². The molecule has 0 spiro atoms. The highest BCUT2D eigenvalue weighted by atomic mass is 32.2. The van der Waals surface area contributed by atoms with Gasteiger partial charge >= 0.3 is 0 Å². The van der Waals surface area contributed by atoms with Crippen molar-refractivity contribution in [2.45, 2.75) is 13.0 Å².